The number of methoxy groups -OCH3 is 1. The van der Waals surface area contributed by atoms with Gasteiger partial charge in [0.2, 0.25) is 5.91 Å². The molecule has 0 radical (unpaired) electrons. The highest BCUT2D eigenvalue weighted by molar-refractivity contribution is 5.90. The molecule has 0 saturated carbocycles. The summed E-state index contributed by atoms with van der Waals surface area (Å²) in [7, 11) is 1.66. The third-order valence-corrected chi connectivity index (χ3v) is 4.13. The van der Waals surface area contributed by atoms with Gasteiger partial charge in [0.05, 0.1) is 25.0 Å². The van der Waals surface area contributed by atoms with Crippen LogP contribution < -0.4 is 5.32 Å². The van der Waals surface area contributed by atoms with E-state index in [1.807, 2.05) is 6.20 Å². The minimum absolute atomic E-state index is 0.0256. The van der Waals surface area contributed by atoms with Crippen LogP contribution in [0.4, 0.5) is 5.69 Å². The van der Waals surface area contributed by atoms with Crippen molar-refractivity contribution in [2.75, 3.05) is 19.0 Å². The lowest BCUT2D eigenvalue weighted by molar-refractivity contribution is -0.116. The summed E-state index contributed by atoms with van der Waals surface area (Å²) < 4.78 is 6.77. The van der Waals surface area contributed by atoms with Crippen LogP contribution in [-0.2, 0) is 27.9 Å². The van der Waals surface area contributed by atoms with Crippen molar-refractivity contribution in [3.63, 3.8) is 0 Å². The number of benzene rings is 1. The van der Waals surface area contributed by atoms with Gasteiger partial charge in [-0.15, -0.1) is 0 Å². The molecule has 0 aliphatic carbocycles. The molecule has 1 amide bonds. The van der Waals surface area contributed by atoms with Gasteiger partial charge in [-0.05, 0) is 29.4 Å². The summed E-state index contributed by atoms with van der Waals surface area (Å²) in [6.45, 7) is 7.91. The lowest BCUT2D eigenvalue weighted by Crippen LogP contribution is -2.11. The van der Waals surface area contributed by atoms with E-state index < -0.39 is 0 Å². The Morgan fingerprint density at radius 1 is 1.24 bits per heavy atom. The summed E-state index contributed by atoms with van der Waals surface area (Å²) in [4.78, 5) is 12.0. The summed E-state index contributed by atoms with van der Waals surface area (Å²) in [5, 5.41) is 7.08. The third-order valence-electron chi connectivity index (χ3n) is 4.13. The molecule has 2 rings (SSSR count). The predicted molar refractivity (Wildman–Crippen MR) is 101 cm³/mol. The Labute approximate surface area is 150 Å². The molecule has 25 heavy (non-hydrogen) atoms. The zero-order chi connectivity index (χ0) is 18.3. The highest BCUT2D eigenvalue weighted by Gasteiger charge is 2.12. The number of anilines is 1. The molecule has 0 aliphatic heterocycles. The van der Waals surface area contributed by atoms with E-state index >= 15 is 0 Å². The molecule has 1 N–H and O–H groups in total. The second kappa shape index (κ2) is 8.81. The number of aryl methyl sites for hydroxylation is 1. The molecular formula is C20H29N3O2. The fraction of sp³-hybridized carbons (Fsp3) is 0.500. The van der Waals surface area contributed by atoms with Crippen LogP contribution in [-0.4, -0.2) is 29.4 Å². The first-order valence-corrected chi connectivity index (χ1v) is 8.79. The fourth-order valence-electron chi connectivity index (χ4n) is 2.58. The molecule has 1 aromatic carbocycles. The van der Waals surface area contributed by atoms with Gasteiger partial charge in [-0.3, -0.25) is 9.48 Å². The van der Waals surface area contributed by atoms with E-state index in [2.05, 4.69) is 55.5 Å². The van der Waals surface area contributed by atoms with E-state index in [-0.39, 0.29) is 11.3 Å². The van der Waals surface area contributed by atoms with Gasteiger partial charge >= 0.3 is 0 Å². The molecule has 1 aromatic heterocycles. The smallest absolute Gasteiger partial charge is 0.224 e. The quantitative estimate of drug-likeness (QED) is 0.793. The lowest BCUT2D eigenvalue weighted by Gasteiger charge is -2.19. The SMILES string of the molecule is COCCn1cc(NC(=O)CCCc2ccc(C(C)(C)C)cc2)cn1. The highest BCUT2D eigenvalue weighted by Crippen LogP contribution is 2.22. The monoisotopic (exact) mass is 343 g/mol. The summed E-state index contributed by atoms with van der Waals surface area (Å²) in [6, 6.07) is 8.70. The van der Waals surface area contributed by atoms with E-state index in [4.69, 9.17) is 4.74 Å². The number of nitrogens with one attached hydrogen (secondary N) is 1. The van der Waals surface area contributed by atoms with Crippen molar-refractivity contribution in [1.29, 1.82) is 0 Å². The average Bonchev–Trinajstić information content (AvgIpc) is 3.00. The van der Waals surface area contributed by atoms with Crippen molar-refractivity contribution in [1.82, 2.24) is 9.78 Å². The molecule has 5 heteroatoms. The number of carbonyl (C=O) groups excluding carboxylic acids is 1. The first-order valence-electron chi connectivity index (χ1n) is 8.79. The Morgan fingerprint density at radius 2 is 1.96 bits per heavy atom. The normalized spacial score (nSPS) is 11.5. The second-order valence-corrected chi connectivity index (χ2v) is 7.33. The standard InChI is InChI=1S/C20H29N3O2/c1-20(2,3)17-10-8-16(9-11-17)6-5-7-19(24)22-18-14-21-23(15-18)12-13-25-4/h8-11,14-15H,5-7,12-13H2,1-4H3,(H,22,24). The number of hydrogen-bond donors (Lipinski definition) is 1. The van der Waals surface area contributed by atoms with Crippen LogP contribution in [0.1, 0.15) is 44.7 Å². The zero-order valence-corrected chi connectivity index (χ0v) is 15.7. The first-order chi connectivity index (χ1) is 11.9. The van der Waals surface area contributed by atoms with Crippen molar-refractivity contribution in [2.24, 2.45) is 0 Å². The largest absolute Gasteiger partial charge is 0.383 e. The predicted octanol–water partition coefficient (Wildman–Crippen LogP) is 3.79. The minimum atomic E-state index is 0.0256. The van der Waals surface area contributed by atoms with Crippen LogP contribution in [0.5, 0.6) is 0 Å². The second-order valence-electron chi connectivity index (χ2n) is 7.33. The van der Waals surface area contributed by atoms with Crippen LogP contribution in [0.2, 0.25) is 0 Å². The number of amides is 1. The molecule has 0 aliphatic rings. The summed E-state index contributed by atoms with van der Waals surface area (Å²) in [6.07, 6.45) is 5.73. The Hall–Kier alpha value is -2.14. The van der Waals surface area contributed by atoms with E-state index in [0.29, 0.717) is 19.6 Å². The zero-order valence-electron chi connectivity index (χ0n) is 15.7. The Bertz CT molecular complexity index is 669. The molecule has 0 bridgehead atoms. The van der Waals surface area contributed by atoms with Gasteiger partial charge in [-0.2, -0.15) is 5.10 Å². The molecule has 0 saturated heterocycles. The number of rotatable bonds is 8. The molecule has 0 fully saturated rings. The third kappa shape index (κ3) is 6.35. The topological polar surface area (TPSA) is 56.1 Å². The summed E-state index contributed by atoms with van der Waals surface area (Å²) in [5.41, 5.74) is 3.51. The van der Waals surface area contributed by atoms with Crippen molar-refractivity contribution in [3.8, 4) is 0 Å². The van der Waals surface area contributed by atoms with Gasteiger partial charge in [-0.1, -0.05) is 45.0 Å². The summed E-state index contributed by atoms with van der Waals surface area (Å²) in [5.74, 6) is 0.0256. The van der Waals surface area contributed by atoms with E-state index in [1.165, 1.54) is 11.1 Å². The maximum absolute atomic E-state index is 12.0. The van der Waals surface area contributed by atoms with Crippen LogP contribution in [0, 0.1) is 0 Å². The number of ether oxygens (including phenoxy) is 1. The molecule has 2 aromatic rings. The van der Waals surface area contributed by atoms with E-state index in [9.17, 15) is 4.79 Å². The average molecular weight is 343 g/mol. The molecule has 0 unspecified atom stereocenters. The van der Waals surface area contributed by atoms with Crippen molar-refractivity contribution in [2.45, 2.75) is 52.0 Å². The van der Waals surface area contributed by atoms with Crippen molar-refractivity contribution < 1.29 is 9.53 Å². The van der Waals surface area contributed by atoms with Crippen molar-refractivity contribution in [3.05, 3.63) is 47.8 Å². The fourth-order valence-corrected chi connectivity index (χ4v) is 2.58. The Balaban J connectivity index is 1.74. The van der Waals surface area contributed by atoms with E-state index in [1.54, 1.807) is 18.0 Å². The van der Waals surface area contributed by atoms with Crippen LogP contribution in [0.25, 0.3) is 0 Å². The van der Waals surface area contributed by atoms with Gasteiger partial charge in [0.15, 0.2) is 0 Å². The Morgan fingerprint density at radius 3 is 2.60 bits per heavy atom. The number of carbonyl (C=O) groups is 1. The Kier molecular flexibility index (Phi) is 6.76. The number of hydrogen-bond acceptors (Lipinski definition) is 3. The number of aromatic nitrogens is 2. The van der Waals surface area contributed by atoms with Crippen molar-refractivity contribution >= 4 is 11.6 Å². The van der Waals surface area contributed by atoms with Crippen LogP contribution >= 0.6 is 0 Å². The summed E-state index contributed by atoms with van der Waals surface area (Å²) >= 11 is 0. The maximum Gasteiger partial charge on any atom is 0.224 e. The van der Waals surface area contributed by atoms with Gasteiger partial charge in [0.1, 0.15) is 0 Å². The minimum Gasteiger partial charge on any atom is -0.383 e. The molecule has 0 spiro atoms. The van der Waals surface area contributed by atoms with Gasteiger partial charge in [0.25, 0.3) is 0 Å². The first kappa shape index (κ1) is 19.2. The molecule has 0 atom stereocenters. The van der Waals surface area contributed by atoms with Gasteiger partial charge in [0, 0.05) is 19.7 Å². The van der Waals surface area contributed by atoms with Gasteiger partial charge in [-0.25, -0.2) is 0 Å². The van der Waals surface area contributed by atoms with Crippen LogP contribution in [0.3, 0.4) is 0 Å². The van der Waals surface area contributed by atoms with Gasteiger partial charge < -0.3 is 10.1 Å². The maximum atomic E-state index is 12.0. The number of nitrogens with zero attached hydrogens (tertiary/aromatic N) is 2. The molecule has 1 heterocycles. The molecule has 136 valence electrons. The molecular weight excluding hydrogens is 314 g/mol. The highest BCUT2D eigenvalue weighted by atomic mass is 16.5. The van der Waals surface area contributed by atoms with Crippen LogP contribution in [0.15, 0.2) is 36.7 Å². The lowest BCUT2D eigenvalue weighted by atomic mass is 9.86. The molecule has 5 nitrogen and oxygen atoms in total. The van der Waals surface area contributed by atoms with E-state index in [0.717, 1.165) is 18.5 Å².